The molecule has 2 rings (SSSR count). The molecule has 172 valence electrons. The van der Waals surface area contributed by atoms with Crippen molar-refractivity contribution in [3.63, 3.8) is 0 Å². The van der Waals surface area contributed by atoms with Crippen LogP contribution in [0.5, 0.6) is 5.75 Å². The van der Waals surface area contributed by atoms with Crippen LogP contribution in [-0.2, 0) is 19.2 Å². The van der Waals surface area contributed by atoms with Gasteiger partial charge in [0.1, 0.15) is 5.75 Å². The number of ether oxygens (including phenoxy) is 2. The molecule has 0 aromatic heterocycles. The average Bonchev–Trinajstić information content (AvgIpc) is 2.76. The van der Waals surface area contributed by atoms with E-state index in [1.165, 1.54) is 25.7 Å². The minimum Gasteiger partial charge on any atom is -0.477 e. The van der Waals surface area contributed by atoms with Crippen molar-refractivity contribution in [1.82, 2.24) is 0 Å². The van der Waals surface area contributed by atoms with E-state index < -0.39 is 12.1 Å². The summed E-state index contributed by atoms with van der Waals surface area (Å²) in [5.41, 5.74) is 0.807. The molecule has 7 heteroatoms. The summed E-state index contributed by atoms with van der Waals surface area (Å²) >= 11 is 6.07. The zero-order chi connectivity index (χ0) is 22.3. The van der Waals surface area contributed by atoms with E-state index in [4.69, 9.17) is 25.9 Å². The van der Waals surface area contributed by atoms with Crippen LogP contribution >= 0.6 is 11.6 Å². The number of carbonyl (C=O) groups excluding carboxylic acids is 2. The van der Waals surface area contributed by atoms with E-state index in [2.05, 4.69) is 5.16 Å². The van der Waals surface area contributed by atoms with Gasteiger partial charge in [-0.05, 0) is 51.2 Å². The smallest absolute Gasteiger partial charge is 0.374 e. The van der Waals surface area contributed by atoms with Gasteiger partial charge < -0.3 is 14.3 Å². The number of carbonyl (C=O) groups is 2. The quantitative estimate of drug-likeness (QED) is 0.307. The van der Waals surface area contributed by atoms with Gasteiger partial charge in [-0.1, -0.05) is 67.4 Å². The fraction of sp³-hybridized carbons (Fsp3) is 0.625. The Morgan fingerprint density at radius 2 is 1.58 bits per heavy atom. The molecule has 0 aliphatic carbocycles. The second-order valence-electron chi connectivity index (χ2n) is 7.91. The predicted molar refractivity (Wildman–Crippen MR) is 121 cm³/mol. The molecule has 1 fully saturated rings. The number of nitrogens with zero attached hydrogens (tertiary/aromatic N) is 1. The molecule has 1 aliphatic rings. The molecule has 0 bridgehead atoms. The zero-order valence-electron chi connectivity index (χ0n) is 18.4. The lowest BCUT2D eigenvalue weighted by Gasteiger charge is -2.13. The average molecular weight is 452 g/mol. The van der Waals surface area contributed by atoms with E-state index in [0.717, 1.165) is 37.8 Å². The SMILES string of the molecule is CC(Oc1ccccc1Cl)C(=O)O/N=C1\CCCCCCCCCCC(=O)OCCC1. The van der Waals surface area contributed by atoms with Crippen molar-refractivity contribution in [2.24, 2.45) is 5.16 Å². The highest BCUT2D eigenvalue weighted by Crippen LogP contribution is 2.24. The predicted octanol–water partition coefficient (Wildman–Crippen LogP) is 6.24. The number of esters is 1. The Morgan fingerprint density at radius 3 is 2.29 bits per heavy atom. The van der Waals surface area contributed by atoms with Crippen LogP contribution in [0.1, 0.15) is 84.0 Å². The molecule has 1 aromatic carbocycles. The summed E-state index contributed by atoms with van der Waals surface area (Å²) in [7, 11) is 0. The summed E-state index contributed by atoms with van der Waals surface area (Å²) in [5, 5.41) is 4.54. The Morgan fingerprint density at radius 1 is 0.968 bits per heavy atom. The first kappa shape index (κ1) is 25.2. The highest BCUT2D eigenvalue weighted by atomic mass is 35.5. The maximum absolute atomic E-state index is 12.3. The molecule has 0 N–H and O–H groups in total. The number of cyclic esters (lactones) is 1. The summed E-state index contributed by atoms with van der Waals surface area (Å²) in [4.78, 5) is 29.2. The molecule has 31 heavy (non-hydrogen) atoms. The Kier molecular flexibility index (Phi) is 12.1. The van der Waals surface area contributed by atoms with Crippen LogP contribution in [0.3, 0.4) is 0 Å². The van der Waals surface area contributed by atoms with Crippen molar-refractivity contribution < 1.29 is 23.9 Å². The van der Waals surface area contributed by atoms with E-state index in [0.29, 0.717) is 36.6 Å². The van der Waals surface area contributed by atoms with Crippen LogP contribution in [0.2, 0.25) is 5.02 Å². The molecule has 6 nitrogen and oxygen atoms in total. The molecule has 1 aliphatic heterocycles. The van der Waals surface area contributed by atoms with Gasteiger partial charge in [0.2, 0.25) is 0 Å². The number of hydrogen-bond acceptors (Lipinski definition) is 6. The van der Waals surface area contributed by atoms with Crippen LogP contribution in [0, 0.1) is 0 Å². The number of hydrogen-bond donors (Lipinski definition) is 0. The van der Waals surface area contributed by atoms with Gasteiger partial charge in [-0.25, -0.2) is 4.79 Å². The first-order valence-corrected chi connectivity index (χ1v) is 11.8. The van der Waals surface area contributed by atoms with Gasteiger partial charge in [0.15, 0.2) is 6.10 Å². The Bertz CT molecular complexity index is 722. The van der Waals surface area contributed by atoms with Crippen molar-refractivity contribution in [1.29, 1.82) is 0 Å². The number of oxime groups is 1. The second-order valence-corrected chi connectivity index (χ2v) is 8.32. The zero-order valence-corrected chi connectivity index (χ0v) is 19.2. The van der Waals surface area contributed by atoms with Crippen LogP contribution < -0.4 is 4.74 Å². The van der Waals surface area contributed by atoms with Crippen molar-refractivity contribution in [2.75, 3.05) is 6.61 Å². The third-order valence-corrected chi connectivity index (χ3v) is 5.52. The van der Waals surface area contributed by atoms with Crippen molar-refractivity contribution in [2.45, 2.75) is 90.1 Å². The van der Waals surface area contributed by atoms with Gasteiger partial charge in [-0.2, -0.15) is 0 Å². The highest BCUT2D eigenvalue weighted by molar-refractivity contribution is 6.32. The first-order chi connectivity index (χ1) is 15.1. The molecule has 1 heterocycles. The van der Waals surface area contributed by atoms with Crippen LogP contribution in [0.25, 0.3) is 0 Å². The number of para-hydroxylation sites is 1. The minimum atomic E-state index is -0.837. The first-order valence-electron chi connectivity index (χ1n) is 11.4. The molecular weight excluding hydrogens is 418 g/mol. The summed E-state index contributed by atoms with van der Waals surface area (Å²) in [5.74, 6) is -0.290. The fourth-order valence-corrected chi connectivity index (χ4v) is 3.55. The fourth-order valence-electron chi connectivity index (χ4n) is 3.37. The van der Waals surface area contributed by atoms with Gasteiger partial charge in [-0.15, -0.1) is 0 Å². The third kappa shape index (κ3) is 10.7. The molecule has 1 atom stereocenters. The van der Waals surface area contributed by atoms with Crippen molar-refractivity contribution in [3.8, 4) is 5.75 Å². The maximum atomic E-state index is 12.3. The summed E-state index contributed by atoms with van der Waals surface area (Å²) in [6.45, 7) is 1.96. The van der Waals surface area contributed by atoms with Gasteiger partial charge in [0, 0.05) is 6.42 Å². The number of rotatable bonds is 4. The highest BCUT2D eigenvalue weighted by Gasteiger charge is 2.18. The van der Waals surface area contributed by atoms with Crippen LogP contribution in [-0.4, -0.2) is 30.4 Å². The topological polar surface area (TPSA) is 74.2 Å². The van der Waals surface area contributed by atoms with E-state index in [9.17, 15) is 9.59 Å². The van der Waals surface area contributed by atoms with E-state index in [1.807, 2.05) is 0 Å². The van der Waals surface area contributed by atoms with Crippen LogP contribution in [0.15, 0.2) is 29.4 Å². The molecule has 1 saturated heterocycles. The summed E-state index contributed by atoms with van der Waals surface area (Å²) in [6, 6.07) is 6.96. The minimum absolute atomic E-state index is 0.137. The summed E-state index contributed by atoms with van der Waals surface area (Å²) < 4.78 is 10.9. The molecule has 0 radical (unpaired) electrons. The standard InChI is InChI=1S/C24H34ClNO5/c1-19(30-22-16-11-10-15-21(22)25)24(28)31-26-20-13-8-6-4-2-3-5-7-9-17-23(27)29-18-12-14-20/h10-11,15-16,19H,2-9,12-14,17-18H2,1H3/b26-20+. The second kappa shape index (κ2) is 14.8. The van der Waals surface area contributed by atoms with Crippen molar-refractivity contribution in [3.05, 3.63) is 29.3 Å². The number of benzene rings is 1. The molecule has 1 aromatic rings. The molecular formula is C24H34ClNO5. The lowest BCUT2D eigenvalue weighted by Crippen LogP contribution is -2.25. The Hall–Kier alpha value is -2.08. The van der Waals surface area contributed by atoms with Gasteiger partial charge >= 0.3 is 11.9 Å². The third-order valence-electron chi connectivity index (χ3n) is 5.21. The van der Waals surface area contributed by atoms with E-state index in [1.54, 1.807) is 31.2 Å². The largest absolute Gasteiger partial charge is 0.477 e. The maximum Gasteiger partial charge on any atom is 0.374 e. The normalized spacial score (nSPS) is 19.9. The van der Waals surface area contributed by atoms with Gasteiger partial charge in [-0.3, -0.25) is 4.79 Å². The van der Waals surface area contributed by atoms with Gasteiger partial charge in [0.25, 0.3) is 0 Å². The molecule has 0 amide bonds. The lowest BCUT2D eigenvalue weighted by atomic mass is 10.0. The molecule has 1 unspecified atom stereocenters. The Labute approximate surface area is 190 Å². The van der Waals surface area contributed by atoms with Gasteiger partial charge in [0.05, 0.1) is 17.3 Å². The lowest BCUT2D eigenvalue weighted by molar-refractivity contribution is -0.151. The summed E-state index contributed by atoms with van der Waals surface area (Å²) in [6.07, 6.45) is 10.6. The molecule has 0 saturated carbocycles. The molecule has 0 spiro atoms. The van der Waals surface area contributed by atoms with Crippen molar-refractivity contribution >= 4 is 29.3 Å². The monoisotopic (exact) mass is 451 g/mol. The van der Waals surface area contributed by atoms with Crippen LogP contribution in [0.4, 0.5) is 0 Å². The number of halogens is 1. The van der Waals surface area contributed by atoms with E-state index in [-0.39, 0.29) is 5.97 Å². The van der Waals surface area contributed by atoms with E-state index >= 15 is 0 Å². The Balaban J connectivity index is 1.87.